The molecule has 0 saturated carbocycles. The Kier molecular flexibility index (Phi) is 9.76. The minimum Gasteiger partial charge on any atom is -0.495 e. The Morgan fingerprint density at radius 1 is 1.09 bits per heavy atom. The summed E-state index contributed by atoms with van der Waals surface area (Å²) >= 11 is 6.19. The number of anilines is 1. The zero-order valence-corrected chi connectivity index (χ0v) is 21.7. The number of nitrogens with one attached hydrogen (secondary N) is 1. The Hall–Kier alpha value is -2.78. The van der Waals surface area contributed by atoms with Crippen molar-refractivity contribution in [2.75, 3.05) is 30.8 Å². The summed E-state index contributed by atoms with van der Waals surface area (Å²) < 4.78 is 31.3. The molecular formula is C24H32ClN3O5S. The van der Waals surface area contributed by atoms with Crippen LogP contribution >= 0.6 is 11.6 Å². The molecule has 186 valence electrons. The maximum Gasteiger partial charge on any atom is 0.244 e. The molecule has 10 heteroatoms. The minimum absolute atomic E-state index is 0.102. The molecule has 2 aromatic rings. The van der Waals surface area contributed by atoms with E-state index >= 15 is 0 Å². The number of nitrogens with zero attached hydrogens (tertiary/aromatic N) is 2. The number of hydrogen-bond donors (Lipinski definition) is 1. The second kappa shape index (κ2) is 12.1. The molecule has 0 fully saturated rings. The fourth-order valence-electron chi connectivity index (χ4n) is 3.40. The molecule has 8 nitrogen and oxygen atoms in total. The lowest BCUT2D eigenvalue weighted by Gasteiger charge is -2.32. The SMILES string of the molecule is COc1ccc(N(CC(=O)N(CCc2ccccc2)[C@H](C)C(=O)NC(C)C)S(C)(=O)=O)cc1Cl. The lowest BCUT2D eigenvalue weighted by molar-refractivity contribution is -0.139. The van der Waals surface area contributed by atoms with Crippen molar-refractivity contribution in [1.29, 1.82) is 0 Å². The molecule has 0 bridgehead atoms. The van der Waals surface area contributed by atoms with Gasteiger partial charge in [0.2, 0.25) is 21.8 Å². The number of rotatable bonds is 11. The van der Waals surface area contributed by atoms with Crippen LogP contribution in [0.4, 0.5) is 5.69 Å². The van der Waals surface area contributed by atoms with Crippen LogP contribution in [0.3, 0.4) is 0 Å². The molecule has 2 aromatic carbocycles. The molecule has 1 atom stereocenters. The summed E-state index contributed by atoms with van der Waals surface area (Å²) in [4.78, 5) is 27.5. The highest BCUT2D eigenvalue weighted by atomic mass is 35.5. The molecule has 0 saturated heterocycles. The monoisotopic (exact) mass is 509 g/mol. The summed E-state index contributed by atoms with van der Waals surface area (Å²) in [6.07, 6.45) is 1.53. The quantitative estimate of drug-likeness (QED) is 0.502. The molecule has 34 heavy (non-hydrogen) atoms. The van der Waals surface area contributed by atoms with Crippen LogP contribution in [0.25, 0.3) is 0 Å². The highest BCUT2D eigenvalue weighted by Gasteiger charge is 2.30. The molecular weight excluding hydrogens is 478 g/mol. The van der Waals surface area contributed by atoms with Crippen molar-refractivity contribution in [2.45, 2.75) is 39.3 Å². The standard InChI is InChI=1S/C24H32ClN3O5S/c1-17(2)26-24(30)18(3)27(14-13-19-9-7-6-8-10-19)23(29)16-28(34(5,31)32)20-11-12-22(33-4)21(25)15-20/h6-12,15,17-18H,13-14,16H2,1-5H3,(H,26,30)/t18-/m1/s1. The second-order valence-corrected chi connectivity index (χ2v) is 10.6. The first-order valence-corrected chi connectivity index (χ1v) is 13.1. The van der Waals surface area contributed by atoms with E-state index in [0.717, 1.165) is 16.1 Å². The first kappa shape index (κ1) is 27.5. The van der Waals surface area contributed by atoms with Crippen molar-refractivity contribution >= 4 is 39.1 Å². The predicted octanol–water partition coefficient (Wildman–Crippen LogP) is 3.10. The number of benzene rings is 2. The van der Waals surface area contributed by atoms with Crippen LogP contribution in [-0.2, 0) is 26.0 Å². The van der Waals surface area contributed by atoms with E-state index in [4.69, 9.17) is 16.3 Å². The van der Waals surface area contributed by atoms with Gasteiger partial charge in [0.25, 0.3) is 0 Å². The average Bonchev–Trinajstić information content (AvgIpc) is 2.76. The maximum atomic E-state index is 13.4. The number of carbonyl (C=O) groups excluding carboxylic acids is 2. The fraction of sp³-hybridized carbons (Fsp3) is 0.417. The Morgan fingerprint density at radius 3 is 2.26 bits per heavy atom. The fourth-order valence-corrected chi connectivity index (χ4v) is 4.49. The Balaban J connectivity index is 2.34. The number of carbonyl (C=O) groups is 2. The van der Waals surface area contributed by atoms with Gasteiger partial charge in [-0.25, -0.2) is 8.42 Å². The van der Waals surface area contributed by atoms with E-state index in [0.29, 0.717) is 12.2 Å². The third-order valence-electron chi connectivity index (χ3n) is 5.18. The highest BCUT2D eigenvalue weighted by molar-refractivity contribution is 7.92. The zero-order valence-electron chi connectivity index (χ0n) is 20.1. The molecule has 0 aliphatic carbocycles. The van der Waals surface area contributed by atoms with Gasteiger partial charge in [-0.15, -0.1) is 0 Å². The van der Waals surface area contributed by atoms with Crippen LogP contribution in [0.2, 0.25) is 5.02 Å². The topological polar surface area (TPSA) is 96.0 Å². The molecule has 0 heterocycles. The first-order valence-electron chi connectivity index (χ1n) is 10.9. The smallest absolute Gasteiger partial charge is 0.244 e. The van der Waals surface area contributed by atoms with Gasteiger partial charge in [-0.1, -0.05) is 41.9 Å². The van der Waals surface area contributed by atoms with E-state index in [2.05, 4.69) is 5.32 Å². The van der Waals surface area contributed by atoms with Gasteiger partial charge in [0.05, 0.1) is 24.1 Å². The summed E-state index contributed by atoms with van der Waals surface area (Å²) in [5.74, 6) is -0.428. The number of methoxy groups -OCH3 is 1. The molecule has 2 amide bonds. The van der Waals surface area contributed by atoms with Crippen molar-refractivity contribution in [3.05, 3.63) is 59.1 Å². The van der Waals surface area contributed by atoms with Crippen LogP contribution in [0.5, 0.6) is 5.75 Å². The van der Waals surface area contributed by atoms with Crippen molar-refractivity contribution in [2.24, 2.45) is 0 Å². The summed E-state index contributed by atoms with van der Waals surface area (Å²) in [5, 5.41) is 3.03. The molecule has 0 spiro atoms. The Morgan fingerprint density at radius 2 is 1.74 bits per heavy atom. The van der Waals surface area contributed by atoms with Gasteiger partial charge in [-0.05, 0) is 51.0 Å². The second-order valence-electron chi connectivity index (χ2n) is 8.25. The number of ether oxygens (including phenoxy) is 1. The number of amides is 2. The molecule has 0 aromatic heterocycles. The van der Waals surface area contributed by atoms with E-state index in [1.807, 2.05) is 44.2 Å². The van der Waals surface area contributed by atoms with Gasteiger partial charge >= 0.3 is 0 Å². The average molecular weight is 510 g/mol. The summed E-state index contributed by atoms with van der Waals surface area (Å²) in [6, 6.07) is 13.1. The van der Waals surface area contributed by atoms with Gasteiger partial charge < -0.3 is 15.0 Å². The lowest BCUT2D eigenvalue weighted by atomic mass is 10.1. The lowest BCUT2D eigenvalue weighted by Crippen LogP contribution is -2.53. The van der Waals surface area contributed by atoms with Gasteiger partial charge in [-0.2, -0.15) is 0 Å². The van der Waals surface area contributed by atoms with E-state index in [1.54, 1.807) is 6.92 Å². The molecule has 0 aliphatic heterocycles. The third kappa shape index (κ3) is 7.63. The Labute approximate surface area is 206 Å². The molecule has 0 unspecified atom stereocenters. The summed E-state index contributed by atoms with van der Waals surface area (Å²) in [6.45, 7) is 5.07. The third-order valence-corrected chi connectivity index (χ3v) is 6.62. The normalized spacial score (nSPS) is 12.2. The molecule has 0 radical (unpaired) electrons. The zero-order chi connectivity index (χ0) is 25.5. The minimum atomic E-state index is -3.83. The van der Waals surface area contributed by atoms with Crippen molar-refractivity contribution in [3.8, 4) is 5.75 Å². The van der Waals surface area contributed by atoms with Gasteiger partial charge in [0, 0.05) is 12.6 Å². The van der Waals surface area contributed by atoms with Crippen LogP contribution in [0.1, 0.15) is 26.3 Å². The van der Waals surface area contributed by atoms with Crippen molar-refractivity contribution in [1.82, 2.24) is 10.2 Å². The van der Waals surface area contributed by atoms with Crippen LogP contribution < -0.4 is 14.4 Å². The predicted molar refractivity (Wildman–Crippen MR) is 135 cm³/mol. The van der Waals surface area contributed by atoms with E-state index < -0.39 is 28.5 Å². The van der Waals surface area contributed by atoms with Crippen molar-refractivity contribution < 1.29 is 22.7 Å². The highest BCUT2D eigenvalue weighted by Crippen LogP contribution is 2.30. The van der Waals surface area contributed by atoms with E-state index in [1.165, 1.54) is 30.2 Å². The van der Waals surface area contributed by atoms with Gasteiger partial charge in [0.15, 0.2) is 0 Å². The summed E-state index contributed by atoms with van der Waals surface area (Å²) in [7, 11) is -2.38. The van der Waals surface area contributed by atoms with Gasteiger partial charge in [0.1, 0.15) is 18.3 Å². The van der Waals surface area contributed by atoms with Crippen LogP contribution in [0.15, 0.2) is 48.5 Å². The molecule has 2 rings (SSSR count). The van der Waals surface area contributed by atoms with Gasteiger partial charge in [-0.3, -0.25) is 13.9 Å². The number of hydrogen-bond acceptors (Lipinski definition) is 5. The van der Waals surface area contributed by atoms with Crippen LogP contribution in [-0.4, -0.2) is 63.7 Å². The number of halogens is 1. The van der Waals surface area contributed by atoms with E-state index in [-0.39, 0.29) is 29.2 Å². The maximum absolute atomic E-state index is 13.4. The first-order chi connectivity index (χ1) is 15.9. The Bertz CT molecular complexity index is 1090. The van der Waals surface area contributed by atoms with E-state index in [9.17, 15) is 18.0 Å². The summed E-state index contributed by atoms with van der Waals surface area (Å²) in [5.41, 5.74) is 1.22. The molecule has 1 N–H and O–H groups in total. The van der Waals surface area contributed by atoms with Crippen molar-refractivity contribution in [3.63, 3.8) is 0 Å². The van der Waals surface area contributed by atoms with Crippen LogP contribution in [0, 0.1) is 0 Å². The largest absolute Gasteiger partial charge is 0.495 e. The molecule has 0 aliphatic rings. The number of sulfonamides is 1.